The van der Waals surface area contributed by atoms with Gasteiger partial charge in [0.05, 0.1) is 26.4 Å². The Morgan fingerprint density at radius 2 is 0.591 bits per heavy atom. The molecule has 4 N–H and O–H groups in total. The van der Waals surface area contributed by atoms with Gasteiger partial charge in [0.1, 0.15) is 25.4 Å². The van der Waals surface area contributed by atoms with E-state index in [1.807, 2.05) is 18.2 Å². The smallest absolute Gasteiger partial charge is 0.463 e. The number of aliphatic hydroxyl groups is 2. The van der Waals surface area contributed by atoms with Crippen LogP contribution < -0.4 is 0 Å². The standard InChI is InChI=1S/C75H124O16P2/c1-4-7-10-13-16-19-22-25-28-31-34-37-40-43-46-49-52-55-58-61-73(78)85-64-70(76)65-87-92(81,82)88-66-71(77)67-89-93(83,84)90-69-72(91-75(80)63-60-57-54-51-48-45-42-39-36-33-30-27-24-21-18-15-12-9-6-3)68-86-74(79)62-59-56-53-50-47-44-41-38-35-32-29-26-23-20-17-14-11-8-5-2/h7,10,16-21,25-30,34-39,43,46,52,55,70-72,76-77H,4-6,8-9,11-15,22-24,31-33,40-42,44-45,47-51,53-54,56-69H2,1-3H3,(H,81,82)(H,83,84)/b10-7-,19-16-,20-17-,21-18-,28-25-,29-26-,30-27-,37-34-,38-35-,39-36-,46-43-,55-52-. The second kappa shape index (κ2) is 67.4. The minimum atomic E-state index is -4.94. The number of phosphoric ester groups is 2. The van der Waals surface area contributed by atoms with E-state index in [4.69, 9.17) is 32.3 Å². The molecule has 0 heterocycles. The molecular weight excluding hydrogens is 1220 g/mol. The molecule has 0 bridgehead atoms. The highest BCUT2D eigenvalue weighted by atomic mass is 31.2. The van der Waals surface area contributed by atoms with Crippen LogP contribution >= 0.6 is 15.6 Å². The number of aliphatic hydroxyl groups excluding tert-OH is 2. The first-order valence-corrected chi connectivity index (χ1v) is 38.1. The maximum Gasteiger partial charge on any atom is 0.472 e. The average Bonchev–Trinajstić information content (AvgIpc) is 3.57. The second-order valence-corrected chi connectivity index (χ2v) is 25.8. The van der Waals surface area contributed by atoms with Crippen molar-refractivity contribution in [3.63, 3.8) is 0 Å². The fourth-order valence-corrected chi connectivity index (χ4v) is 10.3. The van der Waals surface area contributed by atoms with Gasteiger partial charge in [-0.1, -0.05) is 244 Å². The van der Waals surface area contributed by atoms with E-state index in [0.717, 1.165) is 148 Å². The van der Waals surface area contributed by atoms with Crippen molar-refractivity contribution in [2.45, 2.75) is 270 Å². The molecule has 5 atom stereocenters. The molecule has 0 amide bonds. The third kappa shape index (κ3) is 68.6. The number of allylic oxidation sites excluding steroid dienone is 24. The van der Waals surface area contributed by atoms with E-state index in [9.17, 15) is 43.5 Å². The Morgan fingerprint density at radius 1 is 0.312 bits per heavy atom. The van der Waals surface area contributed by atoms with Crippen LogP contribution in [0.2, 0.25) is 0 Å². The Bertz CT molecular complexity index is 2280. The Morgan fingerprint density at radius 3 is 0.968 bits per heavy atom. The van der Waals surface area contributed by atoms with Gasteiger partial charge in [0.25, 0.3) is 0 Å². The van der Waals surface area contributed by atoms with Crippen molar-refractivity contribution < 1.29 is 75.8 Å². The van der Waals surface area contributed by atoms with Gasteiger partial charge in [-0.2, -0.15) is 0 Å². The van der Waals surface area contributed by atoms with Gasteiger partial charge in [0.2, 0.25) is 0 Å². The number of carbonyl (C=O) groups is 3. The maximum atomic E-state index is 13.0. The zero-order valence-electron chi connectivity index (χ0n) is 57.4. The molecule has 0 fully saturated rings. The van der Waals surface area contributed by atoms with Crippen LogP contribution in [0.15, 0.2) is 146 Å². The van der Waals surface area contributed by atoms with Gasteiger partial charge >= 0.3 is 33.6 Å². The van der Waals surface area contributed by atoms with Gasteiger partial charge in [-0.15, -0.1) is 0 Å². The Balaban J connectivity index is 4.82. The molecule has 0 aliphatic rings. The fourth-order valence-electron chi connectivity index (χ4n) is 8.67. The summed E-state index contributed by atoms with van der Waals surface area (Å²) in [5.41, 5.74) is 0. The van der Waals surface area contributed by atoms with E-state index in [1.54, 1.807) is 0 Å². The number of rotatable bonds is 65. The molecule has 0 aromatic heterocycles. The number of unbranched alkanes of at least 4 members (excludes halogenated alkanes) is 18. The summed E-state index contributed by atoms with van der Waals surface area (Å²) >= 11 is 0. The summed E-state index contributed by atoms with van der Waals surface area (Å²) in [6.45, 7) is 2.36. The summed E-state index contributed by atoms with van der Waals surface area (Å²) in [5, 5.41) is 20.5. The molecular formula is C75H124O16P2. The number of ether oxygens (including phenoxy) is 3. The number of hydrogen-bond donors (Lipinski definition) is 4. The minimum Gasteiger partial charge on any atom is -0.463 e. The quantitative estimate of drug-likeness (QED) is 0.0146. The Labute approximate surface area is 562 Å². The minimum absolute atomic E-state index is 0.0555. The van der Waals surface area contributed by atoms with Crippen LogP contribution in [0.25, 0.3) is 0 Å². The molecule has 530 valence electrons. The summed E-state index contributed by atoms with van der Waals surface area (Å²) in [7, 11) is -9.82. The largest absolute Gasteiger partial charge is 0.472 e. The van der Waals surface area contributed by atoms with Crippen LogP contribution in [-0.2, 0) is 55.8 Å². The van der Waals surface area contributed by atoms with E-state index in [-0.39, 0.29) is 19.3 Å². The number of esters is 3. The third-order valence-electron chi connectivity index (χ3n) is 14.0. The van der Waals surface area contributed by atoms with Crippen LogP contribution in [0.5, 0.6) is 0 Å². The van der Waals surface area contributed by atoms with E-state index < -0.39 is 91.5 Å². The zero-order chi connectivity index (χ0) is 68.1. The van der Waals surface area contributed by atoms with Crippen molar-refractivity contribution in [3.05, 3.63) is 146 Å². The Kier molecular flexibility index (Phi) is 64.1. The molecule has 0 spiro atoms. The summed E-state index contributed by atoms with van der Waals surface area (Å²) in [5.74, 6) is -1.69. The van der Waals surface area contributed by atoms with Gasteiger partial charge in [0, 0.05) is 19.3 Å². The zero-order valence-corrected chi connectivity index (χ0v) is 59.2. The molecule has 18 heteroatoms. The first-order valence-electron chi connectivity index (χ1n) is 35.1. The first kappa shape index (κ1) is 88.4. The monoisotopic (exact) mass is 1340 g/mol. The van der Waals surface area contributed by atoms with Crippen LogP contribution in [0, 0.1) is 0 Å². The average molecular weight is 1340 g/mol. The van der Waals surface area contributed by atoms with E-state index in [2.05, 4.69) is 148 Å². The lowest BCUT2D eigenvalue weighted by Gasteiger charge is -2.21. The van der Waals surface area contributed by atoms with E-state index in [1.165, 1.54) is 38.5 Å². The predicted octanol–water partition coefficient (Wildman–Crippen LogP) is 19.8. The Hall–Kier alpha value is -4.57. The molecule has 0 saturated heterocycles. The van der Waals surface area contributed by atoms with Crippen molar-refractivity contribution in [2.75, 3.05) is 39.6 Å². The molecule has 93 heavy (non-hydrogen) atoms. The lowest BCUT2D eigenvalue weighted by molar-refractivity contribution is -0.161. The van der Waals surface area contributed by atoms with Gasteiger partial charge in [-0.3, -0.25) is 32.5 Å². The second-order valence-electron chi connectivity index (χ2n) is 22.9. The SMILES string of the molecule is CC/C=C\C/C=C\C/C=C\C/C=C\C/C=C\C/C=C\CCC(=O)OCC(O)COP(=O)(O)OCC(O)COP(=O)(O)OCC(COC(=O)CCCCCCCC/C=C\C/C=C\C/C=C\CCCCC)OC(=O)CCCCCCCC/C=C\C/C=C\C/C=C\CCCCC. The molecule has 16 nitrogen and oxygen atoms in total. The van der Waals surface area contributed by atoms with Gasteiger partial charge in [-0.25, -0.2) is 9.13 Å². The summed E-state index contributed by atoms with van der Waals surface area (Å²) in [6.07, 6.45) is 80.4. The van der Waals surface area contributed by atoms with Crippen molar-refractivity contribution in [2.24, 2.45) is 0 Å². The van der Waals surface area contributed by atoms with Crippen molar-refractivity contribution in [3.8, 4) is 0 Å². The molecule has 0 rings (SSSR count). The van der Waals surface area contributed by atoms with Crippen LogP contribution in [0.4, 0.5) is 0 Å². The molecule has 0 aliphatic carbocycles. The highest BCUT2D eigenvalue weighted by Gasteiger charge is 2.29. The number of carbonyl (C=O) groups excluding carboxylic acids is 3. The molecule has 0 radical (unpaired) electrons. The first-order chi connectivity index (χ1) is 45.2. The van der Waals surface area contributed by atoms with Crippen LogP contribution in [0.1, 0.15) is 252 Å². The summed E-state index contributed by atoms with van der Waals surface area (Å²) < 4.78 is 60.9. The maximum absolute atomic E-state index is 13.0. The fraction of sp³-hybridized carbons (Fsp3) is 0.640. The van der Waals surface area contributed by atoms with E-state index in [0.29, 0.717) is 25.7 Å². The molecule has 0 aromatic carbocycles. The highest BCUT2D eigenvalue weighted by Crippen LogP contribution is 2.45. The third-order valence-corrected chi connectivity index (χ3v) is 15.9. The lowest BCUT2D eigenvalue weighted by atomic mass is 10.1. The van der Waals surface area contributed by atoms with Gasteiger partial charge in [-0.05, 0) is 135 Å². The van der Waals surface area contributed by atoms with Crippen LogP contribution in [-0.4, -0.2) is 95.9 Å². The highest BCUT2D eigenvalue weighted by molar-refractivity contribution is 7.47. The number of hydrogen-bond acceptors (Lipinski definition) is 14. The lowest BCUT2D eigenvalue weighted by Crippen LogP contribution is -2.30. The molecule has 0 aromatic rings. The summed E-state index contributed by atoms with van der Waals surface area (Å²) in [6, 6.07) is 0. The predicted molar refractivity (Wildman–Crippen MR) is 380 cm³/mol. The van der Waals surface area contributed by atoms with Gasteiger partial charge in [0.15, 0.2) is 6.10 Å². The van der Waals surface area contributed by atoms with E-state index >= 15 is 0 Å². The molecule has 5 unspecified atom stereocenters. The van der Waals surface area contributed by atoms with Crippen molar-refractivity contribution in [1.82, 2.24) is 0 Å². The van der Waals surface area contributed by atoms with Crippen LogP contribution in [0.3, 0.4) is 0 Å². The molecule has 0 saturated carbocycles. The van der Waals surface area contributed by atoms with Gasteiger partial charge < -0.3 is 34.2 Å². The normalized spacial score (nSPS) is 15.0. The molecule has 0 aliphatic heterocycles. The summed E-state index contributed by atoms with van der Waals surface area (Å²) in [4.78, 5) is 58.4. The topological polar surface area (TPSA) is 231 Å². The number of phosphoric acid groups is 2. The van der Waals surface area contributed by atoms with Crippen molar-refractivity contribution in [1.29, 1.82) is 0 Å². The van der Waals surface area contributed by atoms with Crippen molar-refractivity contribution >= 4 is 33.6 Å².